The van der Waals surface area contributed by atoms with E-state index in [0.29, 0.717) is 32.8 Å². The highest BCUT2D eigenvalue weighted by atomic mass is 19.4. The summed E-state index contributed by atoms with van der Waals surface area (Å²) >= 11 is 0. The van der Waals surface area contributed by atoms with Crippen molar-refractivity contribution in [2.45, 2.75) is 56.8 Å². The van der Waals surface area contributed by atoms with Crippen molar-refractivity contribution in [2.24, 2.45) is 0 Å². The maximum absolute atomic E-state index is 14.1. The van der Waals surface area contributed by atoms with E-state index in [1.165, 1.54) is 6.92 Å². The average molecular weight is 440 g/mol. The predicted octanol–water partition coefficient (Wildman–Crippen LogP) is 3.73. The van der Waals surface area contributed by atoms with E-state index in [1.807, 2.05) is 6.20 Å². The fraction of sp³-hybridized carbons (Fsp3) is 0.619. The van der Waals surface area contributed by atoms with Crippen LogP contribution in [-0.2, 0) is 38.8 Å². The summed E-state index contributed by atoms with van der Waals surface area (Å²) in [6.07, 6.45) is -0.204. The molecule has 1 saturated carbocycles. The highest BCUT2D eigenvalue weighted by molar-refractivity contribution is 5.92. The molecule has 1 aliphatic heterocycles. The van der Waals surface area contributed by atoms with Crippen molar-refractivity contribution in [1.82, 2.24) is 9.78 Å². The van der Waals surface area contributed by atoms with E-state index in [1.54, 1.807) is 4.68 Å². The zero-order valence-corrected chi connectivity index (χ0v) is 17.1. The van der Waals surface area contributed by atoms with Gasteiger partial charge in [-0.3, -0.25) is 4.68 Å². The van der Waals surface area contributed by atoms with Gasteiger partial charge in [-0.2, -0.15) is 18.3 Å². The molecule has 0 radical (unpaired) electrons. The number of halogens is 3. The summed E-state index contributed by atoms with van der Waals surface area (Å²) in [5, 5.41) is 4.53. The molecule has 31 heavy (non-hydrogen) atoms. The van der Waals surface area contributed by atoms with Crippen LogP contribution < -0.4 is 0 Å². The molecule has 2 aromatic heterocycles. The second kappa shape index (κ2) is 7.37. The van der Waals surface area contributed by atoms with Crippen LogP contribution in [0.3, 0.4) is 0 Å². The first kappa shape index (κ1) is 20.6. The van der Waals surface area contributed by atoms with Gasteiger partial charge in [0.05, 0.1) is 38.5 Å². The van der Waals surface area contributed by atoms with Gasteiger partial charge in [-0.05, 0) is 19.8 Å². The highest BCUT2D eigenvalue weighted by Crippen LogP contribution is 2.56. The lowest BCUT2D eigenvalue weighted by molar-refractivity contribution is -0.138. The van der Waals surface area contributed by atoms with Crippen LogP contribution in [-0.4, -0.2) is 48.3 Å². The molecule has 3 aliphatic rings. The van der Waals surface area contributed by atoms with E-state index in [-0.39, 0.29) is 35.1 Å². The second-order valence-corrected chi connectivity index (χ2v) is 8.31. The molecule has 0 bridgehead atoms. The van der Waals surface area contributed by atoms with Crippen molar-refractivity contribution in [3.05, 3.63) is 28.8 Å². The summed E-state index contributed by atoms with van der Waals surface area (Å²) < 4.78 is 65.4. The van der Waals surface area contributed by atoms with Crippen LogP contribution in [0.1, 0.15) is 53.6 Å². The van der Waals surface area contributed by atoms with Crippen LogP contribution in [0, 0.1) is 0 Å². The van der Waals surface area contributed by atoms with E-state index in [0.717, 1.165) is 24.8 Å². The Morgan fingerprint density at radius 3 is 2.77 bits per heavy atom. The summed E-state index contributed by atoms with van der Waals surface area (Å²) in [4.78, 5) is 12.3. The third-order valence-corrected chi connectivity index (χ3v) is 6.38. The van der Waals surface area contributed by atoms with E-state index in [4.69, 9.17) is 18.6 Å². The molecule has 10 heteroatoms. The molecule has 0 amide bonds. The van der Waals surface area contributed by atoms with Crippen LogP contribution >= 0.6 is 0 Å². The summed E-state index contributed by atoms with van der Waals surface area (Å²) in [5.74, 6) is -1.74. The molecule has 1 saturated heterocycles. The number of hydrogen-bond donors (Lipinski definition) is 0. The Bertz CT molecular complexity index is 1000. The third kappa shape index (κ3) is 3.36. The number of rotatable bonds is 4. The lowest BCUT2D eigenvalue weighted by Gasteiger charge is -2.43. The Kier molecular flexibility index (Phi) is 4.89. The van der Waals surface area contributed by atoms with Crippen LogP contribution in [0.2, 0.25) is 0 Å². The zero-order valence-electron chi connectivity index (χ0n) is 17.1. The Morgan fingerprint density at radius 1 is 1.35 bits per heavy atom. The van der Waals surface area contributed by atoms with E-state index in [2.05, 4.69) is 5.10 Å². The molecule has 2 fully saturated rings. The van der Waals surface area contributed by atoms with Gasteiger partial charge in [0.25, 0.3) is 0 Å². The topological polar surface area (TPSA) is 75.7 Å². The normalized spacial score (nSPS) is 22.0. The lowest BCUT2D eigenvalue weighted by atomic mass is 9.59. The minimum absolute atomic E-state index is 0.0469. The highest BCUT2D eigenvalue weighted by Gasteiger charge is 2.52. The molecule has 5 rings (SSSR count). The van der Waals surface area contributed by atoms with Crippen LogP contribution in [0.15, 0.2) is 10.6 Å². The average Bonchev–Trinajstić information content (AvgIpc) is 3.28. The maximum Gasteiger partial charge on any atom is 0.421 e. The minimum Gasteiger partial charge on any atom is -0.460 e. The molecule has 1 spiro atoms. The van der Waals surface area contributed by atoms with E-state index in [9.17, 15) is 18.0 Å². The monoisotopic (exact) mass is 440 g/mol. The number of fused-ring (bicyclic) bond motifs is 4. The van der Waals surface area contributed by atoms with Gasteiger partial charge in [0.2, 0.25) is 5.76 Å². The number of furan rings is 1. The Balaban J connectivity index is 1.62. The molecule has 7 nitrogen and oxygen atoms in total. The molecular formula is C21H23F3N2O5. The van der Waals surface area contributed by atoms with Crippen molar-refractivity contribution in [2.75, 3.05) is 26.4 Å². The molecule has 2 aromatic rings. The number of hydrogen-bond acceptors (Lipinski definition) is 6. The third-order valence-electron chi connectivity index (χ3n) is 6.38. The van der Waals surface area contributed by atoms with Gasteiger partial charge in [-0.25, -0.2) is 4.79 Å². The number of alkyl halides is 3. The number of nitrogens with zero attached hydrogens (tertiary/aromatic N) is 2. The smallest absolute Gasteiger partial charge is 0.421 e. The second-order valence-electron chi connectivity index (χ2n) is 8.31. The van der Waals surface area contributed by atoms with Gasteiger partial charge >= 0.3 is 12.1 Å². The summed E-state index contributed by atoms with van der Waals surface area (Å²) in [7, 11) is 0. The van der Waals surface area contributed by atoms with Crippen molar-refractivity contribution >= 4 is 5.97 Å². The van der Waals surface area contributed by atoms with Crippen LogP contribution in [0.4, 0.5) is 13.2 Å². The summed E-state index contributed by atoms with van der Waals surface area (Å²) in [6.45, 7) is 3.28. The SMILES string of the molecule is CCOC(=O)c1oc2c(c1C(F)(F)F)-c1nn(CC3COCCO3)cc1C1(CCC1)C2. The number of ether oxygens (including phenoxy) is 3. The van der Waals surface area contributed by atoms with Crippen LogP contribution in [0.25, 0.3) is 11.3 Å². The molecule has 3 heterocycles. The first-order valence-electron chi connectivity index (χ1n) is 10.5. The van der Waals surface area contributed by atoms with E-state index < -0.39 is 23.5 Å². The predicted molar refractivity (Wildman–Crippen MR) is 101 cm³/mol. The van der Waals surface area contributed by atoms with Gasteiger partial charge in [-0.1, -0.05) is 6.42 Å². The van der Waals surface area contributed by atoms with Gasteiger partial charge in [0.15, 0.2) is 0 Å². The van der Waals surface area contributed by atoms with Crippen molar-refractivity contribution < 1.29 is 36.6 Å². The number of esters is 1. The quantitative estimate of drug-likeness (QED) is 0.675. The first-order valence-corrected chi connectivity index (χ1v) is 10.5. The Morgan fingerprint density at radius 2 is 2.16 bits per heavy atom. The molecule has 0 aromatic carbocycles. The van der Waals surface area contributed by atoms with Gasteiger partial charge in [0, 0.05) is 23.6 Å². The van der Waals surface area contributed by atoms with Crippen LogP contribution in [0.5, 0.6) is 0 Å². The number of aromatic nitrogens is 2. The largest absolute Gasteiger partial charge is 0.460 e. The lowest BCUT2D eigenvalue weighted by Crippen LogP contribution is -2.38. The maximum atomic E-state index is 14.1. The summed E-state index contributed by atoms with van der Waals surface area (Å²) in [6, 6.07) is 0. The fourth-order valence-electron chi connectivity index (χ4n) is 4.85. The molecule has 0 N–H and O–H groups in total. The first-order chi connectivity index (χ1) is 14.8. The molecule has 168 valence electrons. The van der Waals surface area contributed by atoms with Gasteiger partial charge < -0.3 is 18.6 Å². The standard InChI is InChI=1S/C21H23F3N2O5/c1-2-29-19(27)18-16(21(22,23)24)15-14(31-18)8-20(4-3-5-20)13-10-26(25-17(13)15)9-12-11-28-6-7-30-12/h10,12H,2-9,11H2,1H3. The molecule has 2 aliphatic carbocycles. The Hall–Kier alpha value is -2.33. The van der Waals surface area contributed by atoms with Crippen molar-refractivity contribution in [1.29, 1.82) is 0 Å². The molecule has 1 unspecified atom stereocenters. The molecular weight excluding hydrogens is 417 g/mol. The number of carbonyl (C=O) groups is 1. The van der Waals surface area contributed by atoms with Gasteiger partial charge in [0.1, 0.15) is 23.1 Å². The number of carbonyl (C=O) groups excluding carboxylic acids is 1. The molecule has 1 atom stereocenters. The zero-order chi connectivity index (χ0) is 21.8. The summed E-state index contributed by atoms with van der Waals surface area (Å²) in [5.41, 5.74) is -0.521. The van der Waals surface area contributed by atoms with Gasteiger partial charge in [-0.15, -0.1) is 0 Å². The fourth-order valence-corrected chi connectivity index (χ4v) is 4.85. The van der Waals surface area contributed by atoms with Crippen molar-refractivity contribution in [3.63, 3.8) is 0 Å². The van der Waals surface area contributed by atoms with Crippen molar-refractivity contribution in [3.8, 4) is 11.3 Å². The van der Waals surface area contributed by atoms with E-state index >= 15 is 0 Å². The minimum atomic E-state index is -4.79. The Labute approximate surface area is 176 Å².